The van der Waals surface area contributed by atoms with Crippen LogP contribution < -0.4 is 10.2 Å². The molecule has 0 spiro atoms. The van der Waals surface area contributed by atoms with Crippen LogP contribution in [0.2, 0.25) is 0 Å². The van der Waals surface area contributed by atoms with Gasteiger partial charge in [0.15, 0.2) is 0 Å². The Bertz CT molecular complexity index is 919. The molecule has 0 fully saturated rings. The van der Waals surface area contributed by atoms with E-state index in [1.807, 2.05) is 49.3 Å². The minimum absolute atomic E-state index is 0.0770. The first-order valence-electron chi connectivity index (χ1n) is 10.5. The quantitative estimate of drug-likeness (QED) is 0.534. The monoisotopic (exact) mass is 401 g/mol. The Morgan fingerprint density at radius 3 is 2.03 bits per heavy atom. The van der Waals surface area contributed by atoms with Gasteiger partial charge in [-0.2, -0.15) is 0 Å². The van der Waals surface area contributed by atoms with E-state index in [9.17, 15) is 4.79 Å². The highest BCUT2D eigenvalue weighted by Crippen LogP contribution is 2.16. The number of carbonyl (C=O) groups is 1. The molecule has 2 amide bonds. The number of benzene rings is 3. The van der Waals surface area contributed by atoms with Crippen molar-refractivity contribution in [3.05, 3.63) is 95.6 Å². The van der Waals surface area contributed by atoms with Crippen molar-refractivity contribution in [1.29, 1.82) is 0 Å². The Morgan fingerprint density at radius 1 is 0.800 bits per heavy atom. The predicted octanol–water partition coefficient (Wildman–Crippen LogP) is 5.59. The minimum atomic E-state index is -0.0770. The van der Waals surface area contributed by atoms with Crippen molar-refractivity contribution < 1.29 is 4.79 Å². The lowest BCUT2D eigenvalue weighted by atomic mass is 10.1. The lowest BCUT2D eigenvalue weighted by molar-refractivity contribution is 0.210. The average Bonchev–Trinajstić information content (AvgIpc) is 2.78. The second kappa shape index (κ2) is 10.5. The molecule has 0 bridgehead atoms. The predicted molar refractivity (Wildman–Crippen MR) is 126 cm³/mol. The van der Waals surface area contributed by atoms with Crippen molar-refractivity contribution in [1.82, 2.24) is 4.90 Å². The molecule has 0 saturated heterocycles. The average molecular weight is 402 g/mol. The number of aryl methyl sites for hydroxylation is 1. The Morgan fingerprint density at radius 2 is 1.43 bits per heavy atom. The van der Waals surface area contributed by atoms with Gasteiger partial charge in [-0.25, -0.2) is 4.79 Å². The van der Waals surface area contributed by atoms with Crippen molar-refractivity contribution in [2.24, 2.45) is 0 Å². The number of hydrogen-bond acceptors (Lipinski definition) is 2. The molecule has 0 radical (unpaired) electrons. The molecule has 0 atom stereocenters. The van der Waals surface area contributed by atoms with Gasteiger partial charge in [0.2, 0.25) is 0 Å². The second-order valence-electron chi connectivity index (χ2n) is 7.70. The molecule has 30 heavy (non-hydrogen) atoms. The third-order valence-corrected chi connectivity index (χ3v) is 5.24. The van der Waals surface area contributed by atoms with Crippen molar-refractivity contribution in [3.8, 4) is 0 Å². The van der Waals surface area contributed by atoms with Crippen molar-refractivity contribution in [2.75, 3.05) is 30.9 Å². The first-order valence-corrected chi connectivity index (χ1v) is 10.5. The number of nitrogens with one attached hydrogen (secondary N) is 1. The van der Waals surface area contributed by atoms with Gasteiger partial charge in [0.25, 0.3) is 0 Å². The molecule has 1 N–H and O–H groups in total. The normalized spacial score (nSPS) is 10.5. The molecule has 3 rings (SSSR count). The molecule has 0 aliphatic rings. The highest BCUT2D eigenvalue weighted by Gasteiger charge is 2.15. The Balaban J connectivity index is 1.72. The highest BCUT2D eigenvalue weighted by molar-refractivity contribution is 5.89. The van der Waals surface area contributed by atoms with E-state index in [-0.39, 0.29) is 6.03 Å². The maximum atomic E-state index is 13.1. The SMILES string of the molecule is CCc1ccc(NC(=O)N(CCc2ccccc2)Cc2ccc(N(C)C)cc2)cc1. The van der Waals surface area contributed by atoms with E-state index in [2.05, 4.69) is 65.7 Å². The molecule has 0 heterocycles. The fourth-order valence-electron chi connectivity index (χ4n) is 3.31. The summed E-state index contributed by atoms with van der Waals surface area (Å²) in [6.45, 7) is 3.35. The van der Waals surface area contributed by atoms with Gasteiger partial charge in [0, 0.05) is 38.6 Å². The van der Waals surface area contributed by atoms with E-state index >= 15 is 0 Å². The molecule has 0 saturated carbocycles. The van der Waals surface area contributed by atoms with Crippen LogP contribution in [0.25, 0.3) is 0 Å². The zero-order valence-electron chi connectivity index (χ0n) is 18.1. The molecular weight excluding hydrogens is 370 g/mol. The van der Waals surface area contributed by atoms with Crippen LogP contribution in [0, 0.1) is 0 Å². The van der Waals surface area contributed by atoms with Gasteiger partial charge in [-0.3, -0.25) is 0 Å². The fraction of sp³-hybridized carbons (Fsp3) is 0.269. The Labute approximate surface area is 180 Å². The zero-order chi connectivity index (χ0) is 21.3. The van der Waals surface area contributed by atoms with Gasteiger partial charge in [-0.15, -0.1) is 0 Å². The van der Waals surface area contributed by atoms with Crippen LogP contribution in [0.5, 0.6) is 0 Å². The van der Waals surface area contributed by atoms with E-state index in [0.717, 1.165) is 29.8 Å². The van der Waals surface area contributed by atoms with Gasteiger partial charge in [0.05, 0.1) is 0 Å². The van der Waals surface area contributed by atoms with Crippen molar-refractivity contribution in [3.63, 3.8) is 0 Å². The van der Waals surface area contributed by atoms with Crippen LogP contribution >= 0.6 is 0 Å². The van der Waals surface area contributed by atoms with Gasteiger partial charge in [-0.05, 0) is 53.8 Å². The smallest absolute Gasteiger partial charge is 0.322 e. The van der Waals surface area contributed by atoms with Crippen LogP contribution in [0.4, 0.5) is 16.2 Å². The summed E-state index contributed by atoms with van der Waals surface area (Å²) >= 11 is 0. The molecule has 3 aromatic rings. The summed E-state index contributed by atoms with van der Waals surface area (Å²) in [6, 6.07) is 26.6. The molecule has 0 aliphatic carbocycles. The van der Waals surface area contributed by atoms with E-state index < -0.39 is 0 Å². The molecule has 4 heteroatoms. The first-order chi connectivity index (χ1) is 14.5. The third kappa shape index (κ3) is 6.11. The van der Waals surface area contributed by atoms with E-state index in [1.54, 1.807) is 0 Å². The first kappa shape index (κ1) is 21.4. The second-order valence-corrected chi connectivity index (χ2v) is 7.70. The van der Waals surface area contributed by atoms with E-state index in [4.69, 9.17) is 0 Å². The minimum Gasteiger partial charge on any atom is -0.378 e. The van der Waals surface area contributed by atoms with Crippen LogP contribution in [0.15, 0.2) is 78.9 Å². The number of nitrogens with zero attached hydrogens (tertiary/aromatic N) is 2. The molecule has 0 aliphatic heterocycles. The van der Waals surface area contributed by atoms with Gasteiger partial charge in [-0.1, -0.05) is 61.5 Å². The van der Waals surface area contributed by atoms with Crippen LogP contribution in [-0.2, 0) is 19.4 Å². The van der Waals surface area contributed by atoms with E-state index in [0.29, 0.717) is 13.1 Å². The molecule has 156 valence electrons. The summed E-state index contributed by atoms with van der Waals surface area (Å²) in [6.07, 6.45) is 1.80. The van der Waals surface area contributed by atoms with E-state index in [1.165, 1.54) is 11.1 Å². The molecule has 0 aromatic heterocycles. The summed E-state index contributed by atoms with van der Waals surface area (Å²) in [5.74, 6) is 0. The molecular formula is C26H31N3O. The fourth-order valence-corrected chi connectivity index (χ4v) is 3.31. The highest BCUT2D eigenvalue weighted by atomic mass is 16.2. The summed E-state index contributed by atoms with van der Waals surface area (Å²) < 4.78 is 0. The lowest BCUT2D eigenvalue weighted by Gasteiger charge is -2.24. The molecule has 3 aromatic carbocycles. The van der Waals surface area contributed by atoms with Gasteiger partial charge < -0.3 is 15.1 Å². The summed E-state index contributed by atoms with van der Waals surface area (Å²) in [5, 5.41) is 3.06. The van der Waals surface area contributed by atoms with Crippen LogP contribution in [0.1, 0.15) is 23.6 Å². The zero-order valence-corrected chi connectivity index (χ0v) is 18.1. The number of hydrogen-bond donors (Lipinski definition) is 1. The number of carbonyl (C=O) groups excluding carboxylic acids is 1. The maximum absolute atomic E-state index is 13.1. The summed E-state index contributed by atoms with van der Waals surface area (Å²) in [7, 11) is 4.05. The Hall–Kier alpha value is -3.27. The number of urea groups is 1. The van der Waals surface area contributed by atoms with Crippen LogP contribution in [0.3, 0.4) is 0 Å². The van der Waals surface area contributed by atoms with Crippen molar-refractivity contribution >= 4 is 17.4 Å². The maximum Gasteiger partial charge on any atom is 0.322 e. The summed E-state index contributed by atoms with van der Waals surface area (Å²) in [5.41, 5.74) is 5.57. The molecule has 0 unspecified atom stereocenters. The van der Waals surface area contributed by atoms with Crippen LogP contribution in [-0.4, -0.2) is 31.6 Å². The molecule has 4 nitrogen and oxygen atoms in total. The largest absolute Gasteiger partial charge is 0.378 e. The summed E-state index contributed by atoms with van der Waals surface area (Å²) in [4.78, 5) is 17.0. The number of amides is 2. The Kier molecular flexibility index (Phi) is 7.50. The number of anilines is 2. The standard InChI is InChI=1S/C26H31N3O/c1-4-21-10-14-24(15-11-21)27-26(30)29(19-18-22-8-6-5-7-9-22)20-23-12-16-25(17-13-23)28(2)3/h5-17H,4,18-20H2,1-3H3,(H,27,30). The topological polar surface area (TPSA) is 35.6 Å². The van der Waals surface area contributed by atoms with Crippen molar-refractivity contribution in [2.45, 2.75) is 26.3 Å². The number of rotatable bonds is 8. The lowest BCUT2D eigenvalue weighted by Crippen LogP contribution is -2.36. The van der Waals surface area contributed by atoms with Gasteiger partial charge in [0.1, 0.15) is 0 Å². The third-order valence-electron chi connectivity index (χ3n) is 5.24. The van der Waals surface area contributed by atoms with Gasteiger partial charge >= 0.3 is 6.03 Å².